The second-order valence-electron chi connectivity index (χ2n) is 6.08. The van der Waals surface area contributed by atoms with Crippen LogP contribution in [0.15, 0.2) is 52.4 Å². The summed E-state index contributed by atoms with van der Waals surface area (Å²) in [7, 11) is 0. The Kier molecular flexibility index (Phi) is 6.27. The Bertz CT molecular complexity index is 968. The maximum Gasteiger partial charge on any atom is 0.265 e. The van der Waals surface area contributed by atoms with E-state index >= 15 is 0 Å². The minimum Gasteiger partial charge on any atom is -1.00 e. The topological polar surface area (TPSA) is 27.4 Å². The van der Waals surface area contributed by atoms with E-state index in [-0.39, 0.29) is 30.6 Å². The van der Waals surface area contributed by atoms with Crippen molar-refractivity contribution < 1.29 is 33.7 Å². The average molecular weight is 496 g/mol. The van der Waals surface area contributed by atoms with E-state index in [1.165, 1.54) is 36.4 Å². The quantitative estimate of drug-likeness (QED) is 0.438. The van der Waals surface area contributed by atoms with Crippen molar-refractivity contribution in [1.29, 1.82) is 0 Å². The summed E-state index contributed by atoms with van der Waals surface area (Å²) in [6.07, 6.45) is 2.27. The highest BCUT2D eigenvalue weighted by atomic mass is 127. The Labute approximate surface area is 179 Å². The molecule has 0 aliphatic carbocycles. The van der Waals surface area contributed by atoms with Crippen LogP contribution in [-0.4, -0.2) is 18.3 Å². The molecule has 2 aromatic carbocycles. The lowest BCUT2D eigenvalue weighted by Crippen LogP contribution is -3.00. The second-order valence-corrected chi connectivity index (χ2v) is 8.21. The summed E-state index contributed by atoms with van der Waals surface area (Å²) in [6, 6.07) is 15.1. The van der Waals surface area contributed by atoms with Crippen molar-refractivity contribution in [2.45, 2.75) is 25.3 Å². The molecule has 0 spiro atoms. The number of halogens is 1. The molecule has 0 fully saturated rings. The normalized spacial score (nSPS) is 14.7. The van der Waals surface area contributed by atoms with Gasteiger partial charge in [-0.05, 0) is 37.6 Å². The lowest BCUT2D eigenvalue weighted by Gasteiger charge is -2.17. The van der Waals surface area contributed by atoms with Gasteiger partial charge in [0.05, 0.1) is 16.8 Å². The van der Waals surface area contributed by atoms with Crippen LogP contribution in [0.2, 0.25) is 0 Å². The number of fused-ring (bicyclic) bond motifs is 2. The molecule has 1 aliphatic rings. The second kappa shape index (κ2) is 8.29. The summed E-state index contributed by atoms with van der Waals surface area (Å²) < 4.78 is 3.47. The van der Waals surface area contributed by atoms with Crippen LogP contribution in [0.25, 0.3) is 16.3 Å². The molecule has 136 valence electrons. The predicted octanol–water partition coefficient (Wildman–Crippen LogP) is 1.42. The van der Waals surface area contributed by atoms with Crippen LogP contribution < -0.4 is 33.4 Å². The number of hydrogen-bond acceptors (Lipinski definition) is 4. The van der Waals surface area contributed by atoms with Gasteiger partial charge in [-0.15, -0.1) is 0 Å². The van der Waals surface area contributed by atoms with E-state index in [1.54, 1.807) is 11.3 Å². The van der Waals surface area contributed by atoms with Gasteiger partial charge in [0.1, 0.15) is 11.3 Å². The molecule has 0 saturated carbocycles. The molecule has 0 unspecified atom stereocenters. The molecule has 2 heterocycles. The molecule has 3 nitrogen and oxygen atoms in total. The maximum atomic E-state index is 9.50. The molecule has 1 N–H and O–H groups in total. The SMILES string of the molecule is CCN1/C(=C/c2sc3ccccc3[n+]2CCO)Sc2cc(C)ccc21.[I-]. The Hall–Kier alpha value is -1.09. The van der Waals surface area contributed by atoms with Crippen LogP contribution in [0.3, 0.4) is 0 Å². The molecular formula is C20H21IN2OS2. The van der Waals surface area contributed by atoms with E-state index in [1.807, 2.05) is 11.8 Å². The summed E-state index contributed by atoms with van der Waals surface area (Å²) in [5.74, 6) is 0. The van der Waals surface area contributed by atoms with Crippen LogP contribution in [-0.2, 0) is 6.54 Å². The first-order chi connectivity index (χ1) is 12.2. The number of hydrogen-bond donors (Lipinski definition) is 1. The summed E-state index contributed by atoms with van der Waals surface area (Å²) >= 11 is 3.61. The van der Waals surface area contributed by atoms with Crippen LogP contribution >= 0.6 is 23.1 Å². The van der Waals surface area contributed by atoms with Crippen LogP contribution in [0.5, 0.6) is 0 Å². The molecule has 1 aromatic heterocycles. The molecule has 3 aromatic rings. The van der Waals surface area contributed by atoms with Crippen molar-refractivity contribution in [1.82, 2.24) is 0 Å². The lowest BCUT2D eigenvalue weighted by atomic mass is 10.2. The van der Waals surface area contributed by atoms with E-state index in [9.17, 15) is 5.11 Å². The summed E-state index contributed by atoms with van der Waals surface area (Å²) in [5, 5.41) is 11.9. The number of benzene rings is 2. The van der Waals surface area contributed by atoms with Gasteiger partial charge in [0.15, 0.2) is 6.54 Å². The number of anilines is 1. The molecule has 4 rings (SSSR count). The Morgan fingerprint density at radius 2 is 2.00 bits per heavy atom. The molecule has 6 heteroatoms. The smallest absolute Gasteiger partial charge is 0.265 e. The van der Waals surface area contributed by atoms with Gasteiger partial charge in [-0.25, -0.2) is 0 Å². The zero-order valence-electron chi connectivity index (χ0n) is 14.8. The number of para-hydroxylation sites is 1. The average Bonchev–Trinajstić information content (AvgIpc) is 3.13. The molecule has 0 amide bonds. The number of aromatic nitrogens is 1. The van der Waals surface area contributed by atoms with Gasteiger partial charge in [0.2, 0.25) is 5.52 Å². The third-order valence-electron chi connectivity index (χ3n) is 4.41. The first kappa shape index (κ1) is 19.7. The Balaban J connectivity index is 0.00000196. The van der Waals surface area contributed by atoms with Crippen LogP contribution in [0.1, 0.15) is 17.5 Å². The number of thiazole rings is 1. The molecular weight excluding hydrogens is 475 g/mol. The van der Waals surface area contributed by atoms with Gasteiger partial charge in [-0.1, -0.05) is 41.3 Å². The van der Waals surface area contributed by atoms with E-state index in [2.05, 4.69) is 71.9 Å². The molecule has 1 aliphatic heterocycles. The number of aryl methyl sites for hydroxylation is 1. The molecule has 0 atom stereocenters. The van der Waals surface area contributed by atoms with Crippen molar-refractivity contribution in [3.8, 4) is 0 Å². The highest BCUT2D eigenvalue weighted by molar-refractivity contribution is 8.03. The van der Waals surface area contributed by atoms with Gasteiger partial charge < -0.3 is 34.0 Å². The van der Waals surface area contributed by atoms with Gasteiger partial charge in [-0.2, -0.15) is 4.57 Å². The first-order valence-electron chi connectivity index (χ1n) is 8.51. The number of rotatable bonds is 4. The van der Waals surface area contributed by atoms with Gasteiger partial charge in [-0.3, -0.25) is 0 Å². The zero-order chi connectivity index (χ0) is 17.4. The van der Waals surface area contributed by atoms with Crippen LogP contribution in [0, 0.1) is 6.92 Å². The van der Waals surface area contributed by atoms with E-state index < -0.39 is 0 Å². The highest BCUT2D eigenvalue weighted by Crippen LogP contribution is 2.47. The van der Waals surface area contributed by atoms with Gasteiger partial charge in [0.25, 0.3) is 5.01 Å². The minimum atomic E-state index is 0. The highest BCUT2D eigenvalue weighted by Gasteiger charge is 2.26. The molecule has 0 radical (unpaired) electrons. The monoisotopic (exact) mass is 496 g/mol. The third kappa shape index (κ3) is 3.52. The fraction of sp³-hybridized carbons (Fsp3) is 0.250. The zero-order valence-corrected chi connectivity index (χ0v) is 18.6. The summed E-state index contributed by atoms with van der Waals surface area (Å²) in [4.78, 5) is 3.69. The predicted molar refractivity (Wildman–Crippen MR) is 107 cm³/mol. The van der Waals surface area contributed by atoms with E-state index in [0.717, 1.165) is 6.54 Å². The van der Waals surface area contributed by atoms with Crippen molar-refractivity contribution >= 4 is 45.1 Å². The van der Waals surface area contributed by atoms with E-state index in [4.69, 9.17) is 0 Å². The van der Waals surface area contributed by atoms with Crippen molar-refractivity contribution in [2.24, 2.45) is 0 Å². The number of nitrogens with zero attached hydrogens (tertiary/aromatic N) is 2. The fourth-order valence-electron chi connectivity index (χ4n) is 3.24. The fourth-order valence-corrected chi connectivity index (χ4v) is 5.70. The number of aliphatic hydroxyl groups is 1. The van der Waals surface area contributed by atoms with Crippen molar-refractivity contribution in [3.63, 3.8) is 0 Å². The first-order valence-corrected chi connectivity index (χ1v) is 10.1. The van der Waals surface area contributed by atoms with Crippen molar-refractivity contribution in [2.75, 3.05) is 18.1 Å². The third-order valence-corrected chi connectivity index (χ3v) is 6.62. The van der Waals surface area contributed by atoms with Gasteiger partial charge in [0, 0.05) is 17.5 Å². The van der Waals surface area contributed by atoms with Crippen LogP contribution in [0.4, 0.5) is 5.69 Å². The molecule has 26 heavy (non-hydrogen) atoms. The molecule has 0 saturated heterocycles. The minimum absolute atomic E-state index is 0. The van der Waals surface area contributed by atoms with E-state index in [0.29, 0.717) is 6.54 Å². The largest absolute Gasteiger partial charge is 1.00 e. The molecule has 0 bridgehead atoms. The van der Waals surface area contributed by atoms with Gasteiger partial charge >= 0.3 is 0 Å². The summed E-state index contributed by atoms with van der Waals surface area (Å²) in [5.41, 5.74) is 3.77. The Morgan fingerprint density at radius 1 is 1.19 bits per heavy atom. The maximum absolute atomic E-state index is 9.50. The van der Waals surface area contributed by atoms with Crippen molar-refractivity contribution in [3.05, 3.63) is 58.1 Å². The Morgan fingerprint density at radius 3 is 2.77 bits per heavy atom. The number of aliphatic hydroxyl groups excluding tert-OH is 1. The standard InChI is InChI=1S/C20H21N2OS2.HI/c1-3-21-16-9-8-14(2)12-18(16)25-19(21)13-20-22(10-11-23)15-6-4-5-7-17(15)24-20;/h4-9,12-13,23H,3,10-11H2,1-2H3;1H/q+1;/p-1. The lowest BCUT2D eigenvalue weighted by molar-refractivity contribution is -0.670. The number of thioether (sulfide) groups is 1. The summed E-state index contributed by atoms with van der Waals surface area (Å²) in [6.45, 7) is 6.04.